The van der Waals surface area contributed by atoms with Crippen molar-refractivity contribution in [3.05, 3.63) is 72.0 Å². The number of rotatable bonds is 15. The average molecular weight is 571 g/mol. The van der Waals surface area contributed by atoms with E-state index in [9.17, 15) is 9.59 Å². The van der Waals surface area contributed by atoms with Gasteiger partial charge in [0, 0.05) is 6.42 Å². The molecule has 224 valence electrons. The summed E-state index contributed by atoms with van der Waals surface area (Å²) in [5, 5.41) is 0. The smallest absolute Gasteiger partial charge is 0.333 e. The fourth-order valence-corrected chi connectivity index (χ4v) is 4.82. The van der Waals surface area contributed by atoms with Crippen LogP contribution in [-0.4, -0.2) is 63.1 Å². The van der Waals surface area contributed by atoms with E-state index < -0.39 is 23.8 Å². The van der Waals surface area contributed by atoms with Gasteiger partial charge in [0.1, 0.15) is 35.1 Å². The molecule has 4 atom stereocenters. The monoisotopic (exact) mass is 570 g/mol. The maximum absolute atomic E-state index is 12.3. The molecule has 2 aromatic rings. The topological polar surface area (TPSA) is 98.8 Å². The van der Waals surface area contributed by atoms with Gasteiger partial charge in [-0.15, -0.1) is 0 Å². The van der Waals surface area contributed by atoms with Crippen LogP contribution in [0, 0.1) is 0 Å². The van der Waals surface area contributed by atoms with Gasteiger partial charge >= 0.3 is 5.97 Å². The first-order chi connectivity index (χ1) is 19.8. The number of ketones is 1. The van der Waals surface area contributed by atoms with E-state index in [2.05, 4.69) is 0 Å². The third-order valence-electron chi connectivity index (χ3n) is 6.90. The zero-order valence-electron chi connectivity index (χ0n) is 24.6. The number of benzene rings is 2. The Hall–Kier alpha value is -3.40. The van der Waals surface area contributed by atoms with Crippen LogP contribution in [0.25, 0.3) is 0 Å². The van der Waals surface area contributed by atoms with Gasteiger partial charge in [0.15, 0.2) is 0 Å². The molecule has 0 amide bonds. The normalized spacial score (nSPS) is 22.6. The zero-order chi connectivity index (χ0) is 29.7. The zero-order valence-corrected chi connectivity index (χ0v) is 24.6. The summed E-state index contributed by atoms with van der Waals surface area (Å²) < 4.78 is 40.6. The Balaban J connectivity index is 1.77. The predicted octanol–water partition coefficient (Wildman–Crippen LogP) is 5.18. The molecule has 2 aromatic carbocycles. The van der Waals surface area contributed by atoms with E-state index in [1.54, 1.807) is 21.1 Å². The highest BCUT2D eigenvalue weighted by Gasteiger charge is 2.45. The molecule has 41 heavy (non-hydrogen) atoms. The fraction of sp³-hybridized carbons (Fsp3) is 0.500. The second-order valence-corrected chi connectivity index (χ2v) is 10.2. The van der Waals surface area contributed by atoms with Gasteiger partial charge in [-0.05, 0) is 69.0 Å². The first-order valence-corrected chi connectivity index (χ1v) is 13.9. The maximum Gasteiger partial charge on any atom is 0.333 e. The lowest BCUT2D eigenvalue weighted by molar-refractivity contribution is -0.186. The van der Waals surface area contributed by atoms with Gasteiger partial charge in [0.05, 0.1) is 59.1 Å². The van der Waals surface area contributed by atoms with Crippen molar-refractivity contribution in [2.75, 3.05) is 27.4 Å². The molecule has 3 rings (SSSR count). The summed E-state index contributed by atoms with van der Waals surface area (Å²) in [5.74, 6) is 1.01. The van der Waals surface area contributed by atoms with Crippen molar-refractivity contribution < 1.29 is 42.7 Å². The molecule has 9 heteroatoms. The van der Waals surface area contributed by atoms with Gasteiger partial charge in [-0.25, -0.2) is 4.79 Å². The highest BCUT2D eigenvalue weighted by atomic mass is 16.6. The van der Waals surface area contributed by atoms with Gasteiger partial charge < -0.3 is 33.2 Å². The minimum Gasteiger partial charge on any atom is -0.497 e. The minimum atomic E-state index is -0.975. The molecular weight excluding hydrogens is 528 g/mol. The Morgan fingerprint density at radius 1 is 0.951 bits per heavy atom. The molecule has 0 N–H and O–H groups in total. The second-order valence-electron chi connectivity index (χ2n) is 10.2. The highest BCUT2D eigenvalue weighted by Crippen LogP contribution is 2.35. The predicted molar refractivity (Wildman–Crippen MR) is 153 cm³/mol. The van der Waals surface area contributed by atoms with E-state index in [0.29, 0.717) is 26.1 Å². The summed E-state index contributed by atoms with van der Waals surface area (Å²) in [6.07, 6.45) is 2.51. The van der Waals surface area contributed by atoms with Crippen molar-refractivity contribution in [2.24, 2.45) is 0 Å². The van der Waals surface area contributed by atoms with Crippen molar-refractivity contribution in [2.45, 2.75) is 77.2 Å². The van der Waals surface area contributed by atoms with Gasteiger partial charge in [0.2, 0.25) is 0 Å². The number of carbonyl (C=O) groups excluding carboxylic acids is 2. The van der Waals surface area contributed by atoms with Crippen molar-refractivity contribution in [3.8, 4) is 11.5 Å². The van der Waals surface area contributed by atoms with E-state index in [4.69, 9.17) is 33.2 Å². The molecule has 0 bridgehead atoms. The first kappa shape index (κ1) is 32.1. The molecule has 9 nitrogen and oxygen atoms in total. The van der Waals surface area contributed by atoms with Crippen LogP contribution in [0.15, 0.2) is 60.9 Å². The minimum absolute atomic E-state index is 0.0361. The molecule has 0 unspecified atom stereocenters. The molecule has 0 radical (unpaired) electrons. The summed E-state index contributed by atoms with van der Waals surface area (Å²) in [5.41, 5.74) is 1.01. The molecule has 0 aliphatic carbocycles. The van der Waals surface area contributed by atoms with Crippen LogP contribution in [0.3, 0.4) is 0 Å². The maximum atomic E-state index is 12.3. The molecule has 1 fully saturated rings. The van der Waals surface area contributed by atoms with E-state index >= 15 is 0 Å². The second kappa shape index (κ2) is 16.1. The summed E-state index contributed by atoms with van der Waals surface area (Å²) in [6.45, 7) is 6.38. The van der Waals surface area contributed by atoms with Crippen molar-refractivity contribution in [1.82, 2.24) is 0 Å². The van der Waals surface area contributed by atoms with Gasteiger partial charge in [-0.3, -0.25) is 4.79 Å². The molecular formula is C32H42O9. The van der Waals surface area contributed by atoms with Crippen LogP contribution in [-0.2, 0) is 46.5 Å². The Labute approximate surface area is 242 Å². The molecule has 1 heterocycles. The molecule has 1 saturated heterocycles. The van der Waals surface area contributed by atoms with Crippen LogP contribution in [0.1, 0.15) is 51.2 Å². The van der Waals surface area contributed by atoms with E-state index in [1.807, 2.05) is 55.5 Å². The van der Waals surface area contributed by atoms with E-state index in [0.717, 1.165) is 22.6 Å². The van der Waals surface area contributed by atoms with Crippen molar-refractivity contribution >= 4 is 11.8 Å². The van der Waals surface area contributed by atoms with Gasteiger partial charge in [0.25, 0.3) is 0 Å². The van der Waals surface area contributed by atoms with E-state index in [1.165, 1.54) is 19.3 Å². The third-order valence-corrected chi connectivity index (χ3v) is 6.90. The lowest BCUT2D eigenvalue weighted by atomic mass is 9.90. The van der Waals surface area contributed by atoms with Crippen LogP contribution < -0.4 is 9.47 Å². The van der Waals surface area contributed by atoms with Crippen molar-refractivity contribution in [3.63, 3.8) is 0 Å². The molecule has 0 saturated carbocycles. The van der Waals surface area contributed by atoms with Gasteiger partial charge in [-0.2, -0.15) is 0 Å². The molecule has 1 aliphatic rings. The number of hydrogen-bond acceptors (Lipinski definition) is 9. The van der Waals surface area contributed by atoms with Crippen molar-refractivity contribution in [1.29, 1.82) is 0 Å². The Morgan fingerprint density at radius 3 is 2.12 bits per heavy atom. The van der Waals surface area contributed by atoms with Crippen LogP contribution in [0.2, 0.25) is 0 Å². The summed E-state index contributed by atoms with van der Waals surface area (Å²) in [7, 11) is 3.26. The van der Waals surface area contributed by atoms with Crippen LogP contribution in [0.4, 0.5) is 0 Å². The SMILES string of the molecule is CCOC(=O)/C=C/O[C@H]1CC[C@@H](OCc2ccc(OC)cc2)[C@H](COCc2ccc(OC)cc2)O[C@]1(C)CC(C)=O. The van der Waals surface area contributed by atoms with Gasteiger partial charge in [-0.1, -0.05) is 24.3 Å². The Morgan fingerprint density at radius 2 is 1.56 bits per heavy atom. The van der Waals surface area contributed by atoms with Crippen LogP contribution in [0.5, 0.6) is 11.5 Å². The lowest BCUT2D eigenvalue weighted by Gasteiger charge is -2.37. The van der Waals surface area contributed by atoms with Crippen LogP contribution >= 0.6 is 0 Å². The highest BCUT2D eigenvalue weighted by molar-refractivity contribution is 5.81. The molecule has 1 aliphatic heterocycles. The number of ether oxygens (including phenoxy) is 7. The molecule has 0 aromatic heterocycles. The number of esters is 1. The summed E-state index contributed by atoms with van der Waals surface area (Å²) in [6, 6.07) is 15.4. The average Bonchev–Trinajstić information content (AvgIpc) is 3.08. The van der Waals surface area contributed by atoms with E-state index in [-0.39, 0.29) is 31.5 Å². The first-order valence-electron chi connectivity index (χ1n) is 13.9. The quantitative estimate of drug-likeness (QED) is 0.163. The standard InChI is InChI=1S/C32H42O9/c1-6-38-31(34)17-18-39-30-16-15-28(40-21-25-9-13-27(36-5)14-10-25)29(41-32(30,3)19-23(2)33)22-37-20-24-7-11-26(35-4)12-8-24/h7-14,17-18,28-30H,6,15-16,19-22H2,1-5H3/b18-17+/t28-,29+,30+,32-/m1/s1. The fourth-order valence-electron chi connectivity index (χ4n) is 4.82. The number of Topliss-reactive ketones (excluding diaryl/α,β-unsaturated/α-hetero) is 1. The summed E-state index contributed by atoms with van der Waals surface area (Å²) in [4.78, 5) is 24.1. The summed E-state index contributed by atoms with van der Waals surface area (Å²) >= 11 is 0. The molecule has 0 spiro atoms. The lowest BCUT2D eigenvalue weighted by Crippen LogP contribution is -2.47. The third kappa shape index (κ3) is 10.2. The Bertz CT molecular complexity index is 1110. The number of methoxy groups -OCH3 is 2. The largest absolute Gasteiger partial charge is 0.497 e. The number of hydrogen-bond donors (Lipinski definition) is 0. The Kier molecular flexibility index (Phi) is 12.6. The number of carbonyl (C=O) groups is 2.